The molecule has 2 N–H and O–H groups in total. The highest BCUT2D eigenvalue weighted by atomic mass is 35.5. The molecule has 0 aliphatic carbocycles. The zero-order valence-corrected chi connectivity index (χ0v) is 14.0. The van der Waals surface area contributed by atoms with Crippen molar-refractivity contribution in [3.05, 3.63) is 47.2 Å². The summed E-state index contributed by atoms with van der Waals surface area (Å²) in [6, 6.07) is 7.22. The zero-order valence-electron chi connectivity index (χ0n) is 13.2. The van der Waals surface area contributed by atoms with Crippen LogP contribution in [0.15, 0.2) is 36.7 Å². The first-order valence-electron chi connectivity index (χ1n) is 7.32. The molecule has 2 rings (SSSR count). The number of hydrogen-bond acceptors (Lipinski definition) is 5. The third-order valence-electron chi connectivity index (χ3n) is 3.08. The van der Waals surface area contributed by atoms with Crippen molar-refractivity contribution in [2.45, 2.75) is 6.42 Å². The summed E-state index contributed by atoms with van der Waals surface area (Å²) in [6.07, 6.45) is 3.91. The van der Waals surface area contributed by atoms with Crippen LogP contribution in [-0.2, 0) is 0 Å². The molecule has 1 aromatic heterocycles. The fourth-order valence-electron chi connectivity index (χ4n) is 1.87. The first-order chi connectivity index (χ1) is 11.0. The topological polar surface area (TPSA) is 70.2 Å². The lowest BCUT2D eigenvalue weighted by Gasteiger charge is -2.10. The molecule has 1 heterocycles. The predicted molar refractivity (Wildman–Crippen MR) is 92.3 cm³/mol. The minimum atomic E-state index is -0.165. The van der Waals surface area contributed by atoms with Crippen LogP contribution in [-0.4, -0.2) is 48.0 Å². The number of carbonyl (C=O) groups is 1. The Kier molecular flexibility index (Phi) is 6.31. The maximum atomic E-state index is 12.0. The van der Waals surface area contributed by atoms with E-state index in [1.807, 2.05) is 26.2 Å². The van der Waals surface area contributed by atoms with Gasteiger partial charge in [0.05, 0.1) is 5.56 Å². The van der Waals surface area contributed by atoms with Crippen LogP contribution in [0.5, 0.6) is 0 Å². The number of anilines is 2. The summed E-state index contributed by atoms with van der Waals surface area (Å²) in [5, 5.41) is 6.56. The zero-order chi connectivity index (χ0) is 16.7. The number of hydrogen-bond donors (Lipinski definition) is 2. The Morgan fingerprint density at radius 3 is 2.43 bits per heavy atom. The number of nitrogens with zero attached hydrogens (tertiary/aromatic N) is 3. The van der Waals surface area contributed by atoms with E-state index in [4.69, 9.17) is 11.6 Å². The lowest BCUT2D eigenvalue weighted by atomic mass is 10.3. The lowest BCUT2D eigenvalue weighted by molar-refractivity contribution is 0.0951. The number of aromatic nitrogens is 2. The average Bonchev–Trinajstić information content (AvgIpc) is 2.54. The summed E-state index contributed by atoms with van der Waals surface area (Å²) in [7, 11) is 4.00. The number of benzene rings is 1. The van der Waals surface area contributed by atoms with Crippen LogP contribution in [0.2, 0.25) is 5.02 Å². The normalized spacial score (nSPS) is 10.6. The van der Waals surface area contributed by atoms with Gasteiger partial charge in [-0.2, -0.15) is 0 Å². The quantitative estimate of drug-likeness (QED) is 0.762. The second-order valence-corrected chi connectivity index (χ2v) is 5.78. The largest absolute Gasteiger partial charge is 0.352 e. The summed E-state index contributed by atoms with van der Waals surface area (Å²) < 4.78 is 0. The maximum Gasteiger partial charge on any atom is 0.254 e. The van der Waals surface area contributed by atoms with E-state index < -0.39 is 0 Å². The smallest absolute Gasteiger partial charge is 0.254 e. The van der Waals surface area contributed by atoms with Crippen molar-refractivity contribution in [3.8, 4) is 0 Å². The highest BCUT2D eigenvalue weighted by Crippen LogP contribution is 2.16. The van der Waals surface area contributed by atoms with Crippen LogP contribution in [0.4, 0.5) is 11.6 Å². The number of nitrogens with one attached hydrogen (secondary N) is 2. The molecular weight excluding hydrogens is 314 g/mol. The van der Waals surface area contributed by atoms with Crippen LogP contribution >= 0.6 is 11.6 Å². The molecule has 7 heteroatoms. The molecule has 0 radical (unpaired) electrons. The van der Waals surface area contributed by atoms with Crippen molar-refractivity contribution in [1.82, 2.24) is 20.2 Å². The van der Waals surface area contributed by atoms with E-state index in [1.165, 1.54) is 12.4 Å². The maximum absolute atomic E-state index is 12.0. The van der Waals surface area contributed by atoms with Gasteiger partial charge in [0.2, 0.25) is 5.95 Å². The number of rotatable bonds is 7. The summed E-state index contributed by atoms with van der Waals surface area (Å²) in [6.45, 7) is 1.56. The van der Waals surface area contributed by atoms with Crippen molar-refractivity contribution < 1.29 is 4.79 Å². The predicted octanol–water partition coefficient (Wildman–Crippen LogP) is 2.56. The molecule has 0 spiro atoms. The molecule has 0 unspecified atom stereocenters. The molecule has 2 aromatic rings. The van der Waals surface area contributed by atoms with Crippen LogP contribution in [0, 0.1) is 0 Å². The monoisotopic (exact) mass is 333 g/mol. The van der Waals surface area contributed by atoms with E-state index in [-0.39, 0.29) is 5.91 Å². The fourth-order valence-corrected chi connectivity index (χ4v) is 2.00. The van der Waals surface area contributed by atoms with Gasteiger partial charge in [-0.05, 0) is 51.3 Å². The van der Waals surface area contributed by atoms with E-state index in [0.29, 0.717) is 23.1 Å². The van der Waals surface area contributed by atoms with Gasteiger partial charge in [-0.1, -0.05) is 11.6 Å². The SMILES string of the molecule is CN(C)CCCNC(=O)c1cnc(Nc2ccc(Cl)cc2)nc1. The van der Waals surface area contributed by atoms with Gasteiger partial charge in [-0.25, -0.2) is 9.97 Å². The first-order valence-corrected chi connectivity index (χ1v) is 7.70. The Morgan fingerprint density at radius 1 is 1.17 bits per heavy atom. The summed E-state index contributed by atoms with van der Waals surface area (Å²) in [5.41, 5.74) is 1.27. The minimum Gasteiger partial charge on any atom is -0.352 e. The third-order valence-corrected chi connectivity index (χ3v) is 3.33. The molecule has 6 nitrogen and oxygen atoms in total. The van der Waals surface area contributed by atoms with E-state index >= 15 is 0 Å². The molecule has 0 atom stereocenters. The molecular formula is C16H20ClN5O. The van der Waals surface area contributed by atoms with Crippen LogP contribution in [0.25, 0.3) is 0 Å². The van der Waals surface area contributed by atoms with Gasteiger partial charge >= 0.3 is 0 Å². The summed E-state index contributed by atoms with van der Waals surface area (Å²) >= 11 is 5.83. The number of carbonyl (C=O) groups excluding carboxylic acids is 1. The Labute approximate surface area is 140 Å². The van der Waals surface area contributed by atoms with E-state index in [9.17, 15) is 4.79 Å². The van der Waals surface area contributed by atoms with Gasteiger partial charge in [-0.15, -0.1) is 0 Å². The first kappa shape index (κ1) is 17.2. The van der Waals surface area contributed by atoms with Crippen LogP contribution in [0.1, 0.15) is 16.8 Å². The van der Waals surface area contributed by atoms with E-state index in [0.717, 1.165) is 18.7 Å². The van der Waals surface area contributed by atoms with E-state index in [2.05, 4.69) is 25.5 Å². The Hall–Kier alpha value is -2.18. The van der Waals surface area contributed by atoms with Gasteiger partial charge in [0.15, 0.2) is 0 Å². The van der Waals surface area contributed by atoms with Gasteiger partial charge in [0.1, 0.15) is 0 Å². The summed E-state index contributed by atoms with van der Waals surface area (Å²) in [4.78, 5) is 22.3. The molecule has 1 amide bonds. The molecule has 23 heavy (non-hydrogen) atoms. The highest BCUT2D eigenvalue weighted by Gasteiger charge is 2.06. The molecule has 0 saturated carbocycles. The molecule has 0 saturated heterocycles. The molecule has 1 aromatic carbocycles. The summed E-state index contributed by atoms with van der Waals surface area (Å²) in [5.74, 6) is 0.262. The second kappa shape index (κ2) is 8.45. The van der Waals surface area contributed by atoms with Gasteiger partial charge < -0.3 is 15.5 Å². The molecule has 0 aliphatic rings. The van der Waals surface area contributed by atoms with Crippen molar-refractivity contribution in [1.29, 1.82) is 0 Å². The number of amides is 1. The van der Waals surface area contributed by atoms with E-state index in [1.54, 1.807) is 12.1 Å². The van der Waals surface area contributed by atoms with Gasteiger partial charge in [-0.3, -0.25) is 4.79 Å². The Bertz CT molecular complexity index is 628. The standard InChI is InChI=1S/C16H20ClN5O/c1-22(2)9-3-8-18-15(23)12-10-19-16(20-11-12)21-14-6-4-13(17)5-7-14/h4-7,10-11H,3,8-9H2,1-2H3,(H,18,23)(H,19,20,21). The molecule has 0 aliphatic heterocycles. The average molecular weight is 334 g/mol. The molecule has 0 fully saturated rings. The van der Waals surface area contributed by atoms with Gasteiger partial charge in [0.25, 0.3) is 5.91 Å². The lowest BCUT2D eigenvalue weighted by Crippen LogP contribution is -2.27. The van der Waals surface area contributed by atoms with Crippen LogP contribution < -0.4 is 10.6 Å². The Morgan fingerprint density at radius 2 is 1.83 bits per heavy atom. The van der Waals surface area contributed by atoms with Crippen molar-refractivity contribution in [2.24, 2.45) is 0 Å². The molecule has 0 bridgehead atoms. The van der Waals surface area contributed by atoms with Crippen molar-refractivity contribution in [2.75, 3.05) is 32.5 Å². The Balaban J connectivity index is 1.86. The fraction of sp³-hybridized carbons (Fsp3) is 0.312. The third kappa shape index (κ3) is 5.84. The number of halogens is 1. The van der Waals surface area contributed by atoms with Crippen LogP contribution in [0.3, 0.4) is 0 Å². The molecule has 122 valence electrons. The second-order valence-electron chi connectivity index (χ2n) is 5.34. The highest BCUT2D eigenvalue weighted by molar-refractivity contribution is 6.30. The van der Waals surface area contributed by atoms with Crippen molar-refractivity contribution in [3.63, 3.8) is 0 Å². The van der Waals surface area contributed by atoms with Crippen molar-refractivity contribution >= 4 is 29.1 Å². The minimum absolute atomic E-state index is 0.165. The van der Waals surface area contributed by atoms with Gasteiger partial charge in [0, 0.05) is 29.6 Å².